The van der Waals surface area contributed by atoms with Gasteiger partial charge in [-0.1, -0.05) is 13.8 Å². The predicted molar refractivity (Wildman–Crippen MR) is 42.6 cm³/mol. The van der Waals surface area contributed by atoms with Gasteiger partial charge in [-0.2, -0.15) is 0 Å². The lowest BCUT2D eigenvalue weighted by Gasteiger charge is -2.14. The lowest BCUT2D eigenvalue weighted by molar-refractivity contribution is 0.674. The smallest absolute Gasteiger partial charge is 0.0168 e. The van der Waals surface area contributed by atoms with Crippen LogP contribution in [0.5, 0.6) is 0 Å². The van der Waals surface area contributed by atoms with Crippen molar-refractivity contribution in [3.63, 3.8) is 0 Å². The minimum atomic E-state index is -2.25. The highest BCUT2D eigenvalue weighted by Gasteiger charge is 2.08. The first kappa shape index (κ1) is 8.51. The molecule has 2 N–H and O–H groups in total. The van der Waals surface area contributed by atoms with Crippen LogP contribution in [0.15, 0.2) is 0 Å². The van der Waals surface area contributed by atoms with Gasteiger partial charge < -0.3 is 5.73 Å². The maximum atomic E-state index is 11.3. The monoisotopic (exact) mass is 147 g/mol. The quantitative estimate of drug-likeness (QED) is 0.309. The Morgan fingerprint density at radius 2 is 2.00 bits per heavy atom. The van der Waals surface area contributed by atoms with Crippen molar-refractivity contribution in [2.24, 2.45) is 5.73 Å². The van der Waals surface area contributed by atoms with E-state index in [1.54, 1.807) is 6.26 Å². The molecule has 0 rings (SSSR count). The van der Waals surface area contributed by atoms with Gasteiger partial charge in [0.2, 0.25) is 0 Å². The Balaban J connectivity index is 4.34. The summed E-state index contributed by atoms with van der Waals surface area (Å²) in [5, 5.41) is 2.62. The molecule has 0 bridgehead atoms. The van der Waals surface area contributed by atoms with Crippen molar-refractivity contribution in [3.05, 3.63) is 0 Å². The van der Waals surface area contributed by atoms with Crippen LogP contribution in [0, 0.1) is 11.3 Å². The average Bonchev–Trinajstić information content (AvgIpc) is 1.65. The number of rotatable bonds is 1. The fourth-order valence-electron chi connectivity index (χ4n) is 0.257. The molecule has 0 atom stereocenters. The van der Waals surface area contributed by atoms with Crippen LogP contribution in [-0.2, 0) is 9.93 Å². The van der Waals surface area contributed by atoms with Crippen molar-refractivity contribution in [2.45, 2.75) is 19.1 Å². The Morgan fingerprint density at radius 3 is 2.11 bits per heavy atom. The Morgan fingerprint density at radius 1 is 1.56 bits per heavy atom. The molecule has 2 nitrogen and oxygen atoms in total. The van der Waals surface area contributed by atoms with Crippen molar-refractivity contribution in [3.8, 4) is 11.3 Å². The third-order valence-corrected chi connectivity index (χ3v) is 3.82. The summed E-state index contributed by atoms with van der Waals surface area (Å²) in [7, 11) is -2.25. The van der Waals surface area contributed by atoms with Gasteiger partial charge in [0, 0.05) is 17.6 Å². The predicted octanol–water partition coefficient (Wildman–Crippen LogP) is -0.0816. The maximum absolute atomic E-state index is 11.3. The summed E-state index contributed by atoms with van der Waals surface area (Å²) >= 11 is 0. The maximum Gasteiger partial charge on any atom is 0.0168 e. The number of thiol groups is 1. The summed E-state index contributed by atoms with van der Waals surface area (Å²) in [6, 6.07) is 2.18. The molecule has 3 heteroatoms. The van der Waals surface area contributed by atoms with E-state index in [0.717, 1.165) is 0 Å². The van der Waals surface area contributed by atoms with E-state index < -0.39 is 9.93 Å². The van der Waals surface area contributed by atoms with Gasteiger partial charge in [0.15, 0.2) is 0 Å². The van der Waals surface area contributed by atoms with Gasteiger partial charge in [-0.15, -0.1) is 0 Å². The second-order valence-corrected chi connectivity index (χ2v) is 5.58. The van der Waals surface area contributed by atoms with E-state index >= 15 is 0 Å². The molecule has 0 aliphatic rings. The Hall–Kier alpha value is -0.490. The average molecular weight is 147 g/mol. The van der Waals surface area contributed by atoms with Crippen LogP contribution in [0.2, 0.25) is 0 Å². The molecule has 0 radical (unpaired) electrons. The molecular weight excluding hydrogens is 134 g/mol. The molecule has 0 fully saturated rings. The van der Waals surface area contributed by atoms with Crippen LogP contribution in [0.1, 0.15) is 13.8 Å². The van der Waals surface area contributed by atoms with Crippen LogP contribution in [0.25, 0.3) is 0 Å². The fraction of sp³-hybridized carbons (Fsp3) is 0.667. The molecule has 0 unspecified atom stereocenters. The largest absolute Gasteiger partial charge is 0.359 e. The summed E-state index contributed by atoms with van der Waals surface area (Å²) in [5.41, 5.74) is 4.92. The van der Waals surface area contributed by atoms with Gasteiger partial charge in [-0.3, -0.25) is 4.21 Å². The van der Waals surface area contributed by atoms with Crippen LogP contribution in [-0.4, -0.2) is 15.7 Å². The normalized spacial score (nSPS) is 12.4. The number of hydrogen-bond donors (Lipinski definition) is 2. The van der Waals surface area contributed by atoms with E-state index in [1.807, 2.05) is 13.8 Å². The van der Waals surface area contributed by atoms with Crippen LogP contribution >= 0.6 is 0 Å². The second kappa shape index (κ2) is 2.88. The zero-order valence-electron chi connectivity index (χ0n) is 6.01. The van der Waals surface area contributed by atoms with Gasteiger partial charge >= 0.3 is 0 Å². The summed E-state index contributed by atoms with van der Waals surface area (Å²) in [6.45, 7) is 3.76. The molecule has 0 aromatic carbocycles. The highest BCUT2D eigenvalue weighted by molar-refractivity contribution is 8.07. The van der Waals surface area contributed by atoms with Crippen molar-refractivity contribution < 1.29 is 4.21 Å². The third-order valence-electron chi connectivity index (χ3n) is 1.27. The van der Waals surface area contributed by atoms with Gasteiger partial charge in [0.1, 0.15) is 0 Å². The zero-order valence-corrected chi connectivity index (χ0v) is 6.90. The highest BCUT2D eigenvalue weighted by atomic mass is 32.2. The second-order valence-electron chi connectivity index (χ2n) is 2.34. The molecule has 0 spiro atoms. The molecule has 0 heterocycles. The Bertz CT molecular complexity index is 187. The zero-order chi connectivity index (χ0) is 7.49. The fourth-order valence-corrected chi connectivity index (χ4v) is 0.772. The lowest BCUT2D eigenvalue weighted by Crippen LogP contribution is -2.18. The van der Waals surface area contributed by atoms with Crippen molar-refractivity contribution in [2.75, 3.05) is 6.26 Å². The van der Waals surface area contributed by atoms with E-state index in [4.69, 9.17) is 5.73 Å². The molecule has 9 heavy (non-hydrogen) atoms. The third kappa shape index (κ3) is 2.52. The molecular formula is C6H13NOS. The molecule has 0 saturated heterocycles. The minimum Gasteiger partial charge on any atom is -0.359 e. The van der Waals surface area contributed by atoms with E-state index in [2.05, 4.69) is 11.3 Å². The minimum absolute atomic E-state index is 0.119. The van der Waals surface area contributed by atoms with Crippen LogP contribution < -0.4 is 5.73 Å². The molecule has 0 aromatic heterocycles. The van der Waals surface area contributed by atoms with E-state index in [0.29, 0.717) is 0 Å². The van der Waals surface area contributed by atoms with E-state index in [1.165, 1.54) is 0 Å². The summed E-state index contributed by atoms with van der Waals surface area (Å²) in [4.78, 5) is 0. The van der Waals surface area contributed by atoms with Gasteiger partial charge in [-0.05, 0) is 15.2 Å². The SMILES string of the molecule is CC(C)[SH](C)(=O)C#CN. The van der Waals surface area contributed by atoms with Gasteiger partial charge in [-0.25, -0.2) is 0 Å². The van der Waals surface area contributed by atoms with Crippen molar-refractivity contribution in [1.82, 2.24) is 0 Å². The first-order chi connectivity index (χ1) is 4.00. The van der Waals surface area contributed by atoms with Gasteiger partial charge in [0.25, 0.3) is 0 Å². The summed E-state index contributed by atoms with van der Waals surface area (Å²) in [5.74, 6) is 0. The molecule has 0 aromatic rings. The molecule has 0 saturated carbocycles. The first-order valence-electron chi connectivity index (χ1n) is 2.80. The van der Waals surface area contributed by atoms with E-state index in [-0.39, 0.29) is 5.25 Å². The number of nitrogens with two attached hydrogens (primary N) is 1. The summed E-state index contributed by atoms with van der Waals surface area (Å²) < 4.78 is 11.3. The van der Waals surface area contributed by atoms with Crippen molar-refractivity contribution in [1.29, 1.82) is 0 Å². The van der Waals surface area contributed by atoms with Crippen LogP contribution in [0.4, 0.5) is 0 Å². The molecule has 0 amide bonds. The van der Waals surface area contributed by atoms with Gasteiger partial charge in [0.05, 0.1) is 0 Å². The van der Waals surface area contributed by atoms with E-state index in [9.17, 15) is 4.21 Å². The molecule has 54 valence electrons. The lowest BCUT2D eigenvalue weighted by atomic mass is 10.6. The van der Waals surface area contributed by atoms with Crippen LogP contribution in [0.3, 0.4) is 0 Å². The molecule has 0 aliphatic heterocycles. The first-order valence-corrected chi connectivity index (χ1v) is 5.03. The Labute approximate surface area is 57.2 Å². The standard InChI is InChI=1S/C6H13NOS/c1-6(2)9(3,8)5-4-7/h6,9H,7H2,1-3H3. The topological polar surface area (TPSA) is 43.1 Å². The number of hydrogen-bond acceptors (Lipinski definition) is 2. The summed E-state index contributed by atoms with van der Waals surface area (Å²) in [6.07, 6.45) is 1.65. The highest BCUT2D eigenvalue weighted by Crippen LogP contribution is 2.04. The van der Waals surface area contributed by atoms with Crippen molar-refractivity contribution >= 4 is 9.93 Å². The Kier molecular flexibility index (Phi) is 2.72. The molecule has 0 aliphatic carbocycles.